The lowest BCUT2D eigenvalue weighted by Crippen LogP contribution is -2.38. The minimum Gasteiger partial charge on any atom is -0.229 e. The quantitative estimate of drug-likeness (QED) is 0.255. The van der Waals surface area contributed by atoms with E-state index in [9.17, 15) is 17.2 Å². The number of hydrogen-bond donors (Lipinski definition) is 0. The Balaban J connectivity index is 1.54. The monoisotopic (exact) mass is 714 g/mol. The van der Waals surface area contributed by atoms with Gasteiger partial charge in [-0.2, -0.15) is 0 Å². The number of hydrogen-bond acceptors (Lipinski definition) is 2. The summed E-state index contributed by atoms with van der Waals surface area (Å²) in [5, 5.41) is 0. The second-order valence-electron chi connectivity index (χ2n) is 9.49. The molecular formula is C30H24Br2Cl2F2O2S. The van der Waals surface area contributed by atoms with Gasteiger partial charge in [0.2, 0.25) is 0 Å². The molecule has 39 heavy (non-hydrogen) atoms. The topological polar surface area (TPSA) is 34.1 Å². The number of sulfone groups is 1. The van der Waals surface area contributed by atoms with Crippen LogP contribution in [0.4, 0.5) is 8.78 Å². The minimum atomic E-state index is -3.79. The predicted molar refractivity (Wildman–Crippen MR) is 166 cm³/mol. The molecule has 2 aromatic rings. The summed E-state index contributed by atoms with van der Waals surface area (Å²) in [4.78, 5) is -2.79. The second-order valence-corrected chi connectivity index (χ2v) is 14.8. The molecule has 2 aliphatic carbocycles. The van der Waals surface area contributed by atoms with Crippen molar-refractivity contribution in [2.75, 3.05) is 11.5 Å². The summed E-state index contributed by atoms with van der Waals surface area (Å²) in [6.45, 7) is 0. The van der Waals surface area contributed by atoms with Crippen molar-refractivity contribution in [1.29, 1.82) is 0 Å². The molecule has 4 rings (SSSR count). The lowest BCUT2D eigenvalue weighted by atomic mass is 9.87. The van der Waals surface area contributed by atoms with Crippen LogP contribution in [0.25, 0.3) is 12.2 Å². The highest BCUT2D eigenvalue weighted by molar-refractivity contribution is 9.10. The number of rotatable bonds is 8. The summed E-state index contributed by atoms with van der Waals surface area (Å²) >= 11 is 20.4. The first-order chi connectivity index (χ1) is 18.4. The first-order valence-electron chi connectivity index (χ1n) is 12.0. The summed E-state index contributed by atoms with van der Waals surface area (Å²) in [5.74, 6) is -3.26. The van der Waals surface area contributed by atoms with Crippen LogP contribution in [-0.2, 0) is 9.84 Å². The van der Waals surface area contributed by atoms with E-state index in [1.807, 2.05) is 48.5 Å². The molecular weight excluding hydrogens is 693 g/mol. The molecule has 0 fully saturated rings. The molecule has 2 nitrogen and oxygen atoms in total. The van der Waals surface area contributed by atoms with Gasteiger partial charge in [0.25, 0.3) is 0 Å². The van der Waals surface area contributed by atoms with Crippen LogP contribution in [0, 0.1) is 11.8 Å². The maximum Gasteiger partial charge on any atom is 0.151 e. The van der Waals surface area contributed by atoms with Gasteiger partial charge < -0.3 is 0 Å². The molecule has 0 aliphatic heterocycles. The van der Waals surface area contributed by atoms with Crippen molar-refractivity contribution in [3.63, 3.8) is 0 Å². The zero-order valence-electron chi connectivity index (χ0n) is 20.5. The normalized spacial score (nSPS) is 27.2. The van der Waals surface area contributed by atoms with Crippen molar-refractivity contribution >= 4 is 77.1 Å². The van der Waals surface area contributed by atoms with Gasteiger partial charge in [0, 0.05) is 20.8 Å². The Kier molecular flexibility index (Phi) is 9.60. The van der Waals surface area contributed by atoms with Gasteiger partial charge in [0.15, 0.2) is 9.84 Å². The molecule has 4 unspecified atom stereocenters. The fraction of sp³-hybridized carbons (Fsp3) is 0.200. The van der Waals surface area contributed by atoms with Crippen LogP contribution in [0.1, 0.15) is 11.1 Å². The zero-order chi connectivity index (χ0) is 28.3. The summed E-state index contributed by atoms with van der Waals surface area (Å²) in [6.07, 6.45) is 14.5. The Morgan fingerprint density at radius 3 is 1.44 bits per heavy atom. The Bertz CT molecular complexity index is 1390. The maximum atomic E-state index is 14.2. The average Bonchev–Trinajstić information content (AvgIpc) is 2.87. The van der Waals surface area contributed by atoms with Gasteiger partial charge in [0.1, 0.15) is 11.7 Å². The molecule has 0 amide bonds. The summed E-state index contributed by atoms with van der Waals surface area (Å²) in [7, 11) is -3.79. The van der Waals surface area contributed by atoms with Gasteiger partial charge in [-0.05, 0) is 59.7 Å². The summed E-state index contributed by atoms with van der Waals surface area (Å²) in [5.41, 5.74) is 1.66. The fourth-order valence-corrected chi connectivity index (χ4v) is 7.71. The molecule has 2 aliphatic rings. The smallest absolute Gasteiger partial charge is 0.151 e. The van der Waals surface area contributed by atoms with Crippen molar-refractivity contribution < 1.29 is 17.2 Å². The van der Waals surface area contributed by atoms with E-state index in [2.05, 4.69) is 31.9 Å². The Labute approximate surface area is 254 Å². The highest BCUT2D eigenvalue weighted by atomic mass is 79.9. The van der Waals surface area contributed by atoms with Crippen LogP contribution in [0.2, 0.25) is 0 Å². The van der Waals surface area contributed by atoms with Gasteiger partial charge in [-0.15, -0.1) is 23.2 Å². The van der Waals surface area contributed by atoms with E-state index < -0.39 is 43.1 Å². The first kappa shape index (κ1) is 30.2. The van der Waals surface area contributed by atoms with Crippen molar-refractivity contribution in [1.82, 2.24) is 0 Å². The number of allylic oxidation sites excluding steroid dienone is 10. The van der Waals surface area contributed by atoms with E-state index in [-0.39, 0.29) is 11.5 Å². The van der Waals surface area contributed by atoms with E-state index in [4.69, 9.17) is 23.2 Å². The fourth-order valence-electron chi connectivity index (χ4n) is 4.36. The predicted octanol–water partition coefficient (Wildman–Crippen LogP) is 9.39. The van der Waals surface area contributed by atoms with Crippen LogP contribution >= 0.6 is 55.1 Å². The van der Waals surface area contributed by atoms with Crippen LogP contribution in [0.3, 0.4) is 0 Å². The maximum absolute atomic E-state index is 14.2. The lowest BCUT2D eigenvalue weighted by molar-refractivity contribution is 0.536. The van der Waals surface area contributed by atoms with E-state index >= 15 is 0 Å². The van der Waals surface area contributed by atoms with Gasteiger partial charge in [-0.3, -0.25) is 0 Å². The molecule has 0 saturated heterocycles. The van der Waals surface area contributed by atoms with Crippen molar-refractivity contribution in [2.45, 2.75) is 9.75 Å². The second kappa shape index (κ2) is 12.4. The Hall–Kier alpha value is -1.77. The van der Waals surface area contributed by atoms with E-state index in [0.717, 1.165) is 20.1 Å². The van der Waals surface area contributed by atoms with Crippen molar-refractivity contribution in [3.05, 3.63) is 129 Å². The molecule has 4 atom stereocenters. The van der Waals surface area contributed by atoms with E-state index in [1.165, 1.54) is 36.5 Å². The number of alkyl halides is 2. The number of halogens is 6. The highest BCUT2D eigenvalue weighted by Gasteiger charge is 2.41. The third kappa shape index (κ3) is 8.14. The van der Waals surface area contributed by atoms with Crippen LogP contribution in [0.15, 0.2) is 118 Å². The third-order valence-electron chi connectivity index (χ3n) is 6.50. The van der Waals surface area contributed by atoms with Crippen LogP contribution < -0.4 is 0 Å². The van der Waals surface area contributed by atoms with E-state index in [0.29, 0.717) is 0 Å². The molecule has 0 saturated carbocycles. The van der Waals surface area contributed by atoms with Gasteiger partial charge in [-0.1, -0.05) is 92.6 Å². The third-order valence-corrected chi connectivity index (χ3v) is 10.3. The summed E-state index contributed by atoms with van der Waals surface area (Å²) < 4.78 is 57.2. The SMILES string of the molecule is O=S(=O)(CC1C=CC(F)=CC1(Cl)/C=C/c1ccc(Br)cc1)CC1C=CC(F)=CC1(Cl)/C=C/c1ccc(Br)cc1. The number of benzene rings is 2. The Morgan fingerprint density at radius 2 is 1.08 bits per heavy atom. The molecule has 0 heterocycles. The molecule has 0 bridgehead atoms. The van der Waals surface area contributed by atoms with Gasteiger partial charge in [-0.25, -0.2) is 17.2 Å². The zero-order valence-corrected chi connectivity index (χ0v) is 26.0. The summed E-state index contributed by atoms with van der Waals surface area (Å²) in [6, 6.07) is 14.9. The average molecular weight is 717 g/mol. The first-order valence-corrected chi connectivity index (χ1v) is 16.1. The van der Waals surface area contributed by atoms with Crippen LogP contribution in [-0.4, -0.2) is 29.7 Å². The largest absolute Gasteiger partial charge is 0.229 e. The molecule has 0 N–H and O–H groups in total. The molecule has 0 radical (unpaired) electrons. The lowest BCUT2D eigenvalue weighted by Gasteiger charge is -2.33. The molecule has 9 heteroatoms. The molecule has 0 aromatic heterocycles. The van der Waals surface area contributed by atoms with Crippen LogP contribution in [0.5, 0.6) is 0 Å². The minimum absolute atomic E-state index is 0.346. The molecule has 204 valence electrons. The standard InChI is InChI=1S/C30H24Br2Cl2F2O2S/c31-25-7-1-21(2-8-25)13-15-29(33)17-27(35)11-5-23(29)19-39(37,38)20-24-6-12-28(36)18-30(24,34)16-14-22-3-9-26(32)10-4-22/h1-18,23-24H,19-20H2/b15-13+,16-14+. The van der Waals surface area contributed by atoms with Crippen molar-refractivity contribution in [3.8, 4) is 0 Å². The van der Waals surface area contributed by atoms with Crippen molar-refractivity contribution in [2.24, 2.45) is 11.8 Å². The molecule has 0 spiro atoms. The Morgan fingerprint density at radius 1 is 0.718 bits per heavy atom. The van der Waals surface area contributed by atoms with Gasteiger partial charge >= 0.3 is 0 Å². The van der Waals surface area contributed by atoms with Gasteiger partial charge in [0.05, 0.1) is 21.3 Å². The van der Waals surface area contributed by atoms with E-state index in [1.54, 1.807) is 24.3 Å². The highest BCUT2D eigenvalue weighted by Crippen LogP contribution is 2.40. The molecule has 2 aromatic carbocycles.